The van der Waals surface area contributed by atoms with Gasteiger partial charge in [0.15, 0.2) is 11.5 Å². The van der Waals surface area contributed by atoms with Crippen molar-refractivity contribution in [3.8, 4) is 11.4 Å². The molecule has 0 spiro atoms. The summed E-state index contributed by atoms with van der Waals surface area (Å²) in [5, 5.41) is 6.32. The Morgan fingerprint density at radius 1 is 1.07 bits per heavy atom. The topological polar surface area (TPSA) is 60.5 Å². The first-order valence-corrected chi connectivity index (χ1v) is 10.3. The van der Waals surface area contributed by atoms with E-state index >= 15 is 0 Å². The molecule has 0 N–H and O–H groups in total. The SMILES string of the molecule is Cc1c(C)n(CCN2CCOCC2)c2ncn3nc(-c4ccccc4Cl)nc3c12. The molecule has 0 bridgehead atoms. The zero-order chi connectivity index (χ0) is 20.0. The molecule has 0 radical (unpaired) electrons. The first kappa shape index (κ1) is 18.5. The molecular formula is C21H23ClN6O. The molecule has 150 valence electrons. The molecule has 1 saturated heterocycles. The van der Waals surface area contributed by atoms with Gasteiger partial charge in [-0.2, -0.15) is 0 Å². The maximum absolute atomic E-state index is 6.36. The molecule has 0 amide bonds. The summed E-state index contributed by atoms with van der Waals surface area (Å²) in [4.78, 5) is 12.0. The number of ether oxygens (including phenoxy) is 1. The van der Waals surface area contributed by atoms with E-state index in [9.17, 15) is 0 Å². The van der Waals surface area contributed by atoms with Crippen molar-refractivity contribution in [2.24, 2.45) is 0 Å². The van der Waals surface area contributed by atoms with Crippen molar-refractivity contribution in [2.75, 3.05) is 32.8 Å². The van der Waals surface area contributed by atoms with Crippen LogP contribution in [0.15, 0.2) is 30.6 Å². The van der Waals surface area contributed by atoms with Crippen molar-refractivity contribution in [1.82, 2.24) is 29.0 Å². The van der Waals surface area contributed by atoms with Crippen LogP contribution in [0.4, 0.5) is 0 Å². The molecule has 7 nitrogen and oxygen atoms in total. The van der Waals surface area contributed by atoms with Gasteiger partial charge in [0.1, 0.15) is 12.0 Å². The summed E-state index contributed by atoms with van der Waals surface area (Å²) in [6.45, 7) is 9.76. The average molecular weight is 411 g/mol. The van der Waals surface area contributed by atoms with Crippen LogP contribution in [0.25, 0.3) is 28.1 Å². The monoisotopic (exact) mass is 410 g/mol. The first-order chi connectivity index (χ1) is 14.1. The lowest BCUT2D eigenvalue weighted by Crippen LogP contribution is -2.38. The van der Waals surface area contributed by atoms with Gasteiger partial charge in [-0.3, -0.25) is 4.90 Å². The molecule has 1 aromatic carbocycles. The van der Waals surface area contributed by atoms with Crippen molar-refractivity contribution in [3.63, 3.8) is 0 Å². The van der Waals surface area contributed by atoms with Gasteiger partial charge in [0.05, 0.1) is 23.6 Å². The smallest absolute Gasteiger partial charge is 0.183 e. The number of aryl methyl sites for hydroxylation is 1. The summed E-state index contributed by atoms with van der Waals surface area (Å²) in [6, 6.07) is 7.64. The van der Waals surface area contributed by atoms with Gasteiger partial charge in [-0.15, -0.1) is 5.10 Å². The fraction of sp³-hybridized carbons (Fsp3) is 0.381. The molecular weight excluding hydrogens is 388 g/mol. The largest absolute Gasteiger partial charge is 0.379 e. The minimum Gasteiger partial charge on any atom is -0.379 e. The minimum atomic E-state index is 0.614. The predicted octanol–water partition coefficient (Wildman–Crippen LogP) is 3.35. The fourth-order valence-electron chi connectivity index (χ4n) is 4.03. The van der Waals surface area contributed by atoms with E-state index in [1.807, 2.05) is 24.3 Å². The summed E-state index contributed by atoms with van der Waals surface area (Å²) in [5.41, 5.74) is 5.01. The number of benzene rings is 1. The quantitative estimate of drug-likeness (QED) is 0.516. The Kier molecular flexibility index (Phi) is 4.73. The Hall–Kier alpha value is -2.48. The third-order valence-electron chi connectivity index (χ3n) is 5.80. The van der Waals surface area contributed by atoms with E-state index in [1.54, 1.807) is 10.8 Å². The third kappa shape index (κ3) is 3.19. The zero-order valence-corrected chi connectivity index (χ0v) is 17.4. The molecule has 1 aliphatic rings. The van der Waals surface area contributed by atoms with E-state index in [0.717, 1.165) is 61.6 Å². The summed E-state index contributed by atoms with van der Waals surface area (Å²) in [6.07, 6.45) is 1.75. The number of halogens is 1. The van der Waals surface area contributed by atoms with Crippen LogP contribution < -0.4 is 0 Å². The van der Waals surface area contributed by atoms with Crippen LogP contribution in [0.3, 0.4) is 0 Å². The van der Waals surface area contributed by atoms with Crippen LogP contribution in [-0.2, 0) is 11.3 Å². The number of hydrogen-bond acceptors (Lipinski definition) is 5. The van der Waals surface area contributed by atoms with Crippen molar-refractivity contribution < 1.29 is 4.74 Å². The second-order valence-electron chi connectivity index (χ2n) is 7.44. The van der Waals surface area contributed by atoms with Crippen molar-refractivity contribution in [2.45, 2.75) is 20.4 Å². The van der Waals surface area contributed by atoms with E-state index < -0.39 is 0 Å². The standard InChI is InChI=1S/C21H23ClN6O/c1-14-15(2)27(8-7-26-9-11-29-12-10-26)20-18(14)21-24-19(25-28(21)13-23-20)16-5-3-4-6-17(16)22/h3-6,13H,7-12H2,1-2H3. The highest BCUT2D eigenvalue weighted by Crippen LogP contribution is 2.30. The van der Waals surface area contributed by atoms with Gasteiger partial charge < -0.3 is 9.30 Å². The lowest BCUT2D eigenvalue weighted by Gasteiger charge is -2.26. The van der Waals surface area contributed by atoms with Gasteiger partial charge in [0.2, 0.25) is 0 Å². The van der Waals surface area contributed by atoms with Gasteiger partial charge in [-0.25, -0.2) is 14.5 Å². The van der Waals surface area contributed by atoms with E-state index in [-0.39, 0.29) is 0 Å². The molecule has 1 aliphatic heterocycles. The molecule has 5 rings (SSSR count). The highest BCUT2D eigenvalue weighted by molar-refractivity contribution is 6.33. The second-order valence-corrected chi connectivity index (χ2v) is 7.85. The minimum absolute atomic E-state index is 0.614. The van der Waals surface area contributed by atoms with E-state index in [0.29, 0.717) is 10.8 Å². The highest BCUT2D eigenvalue weighted by atomic mass is 35.5. The number of hydrogen-bond donors (Lipinski definition) is 0. The number of morpholine rings is 1. The molecule has 4 heterocycles. The lowest BCUT2D eigenvalue weighted by molar-refractivity contribution is 0.0364. The number of aromatic nitrogens is 5. The maximum atomic E-state index is 6.36. The fourth-order valence-corrected chi connectivity index (χ4v) is 4.25. The lowest BCUT2D eigenvalue weighted by atomic mass is 10.2. The zero-order valence-electron chi connectivity index (χ0n) is 16.6. The first-order valence-electron chi connectivity index (χ1n) is 9.89. The van der Waals surface area contributed by atoms with Crippen molar-refractivity contribution in [3.05, 3.63) is 46.9 Å². The van der Waals surface area contributed by atoms with Crippen molar-refractivity contribution in [1.29, 1.82) is 0 Å². The Morgan fingerprint density at radius 3 is 2.66 bits per heavy atom. The van der Waals surface area contributed by atoms with E-state index in [2.05, 4.69) is 28.4 Å². The van der Waals surface area contributed by atoms with E-state index in [1.165, 1.54) is 11.3 Å². The van der Waals surface area contributed by atoms with Crippen LogP contribution in [-0.4, -0.2) is 61.9 Å². The molecule has 0 unspecified atom stereocenters. The van der Waals surface area contributed by atoms with Gasteiger partial charge in [0.25, 0.3) is 0 Å². The average Bonchev–Trinajstić information content (AvgIpc) is 3.27. The molecule has 0 aliphatic carbocycles. The Morgan fingerprint density at radius 2 is 1.86 bits per heavy atom. The van der Waals surface area contributed by atoms with Crippen LogP contribution in [0.2, 0.25) is 5.02 Å². The molecule has 8 heteroatoms. The molecule has 0 saturated carbocycles. The molecule has 3 aromatic heterocycles. The van der Waals surface area contributed by atoms with Crippen LogP contribution in [0.5, 0.6) is 0 Å². The highest BCUT2D eigenvalue weighted by Gasteiger charge is 2.20. The predicted molar refractivity (Wildman–Crippen MR) is 113 cm³/mol. The van der Waals surface area contributed by atoms with Gasteiger partial charge in [0, 0.05) is 37.4 Å². The summed E-state index contributed by atoms with van der Waals surface area (Å²) >= 11 is 6.36. The summed E-state index contributed by atoms with van der Waals surface area (Å²) in [5.74, 6) is 0.614. The third-order valence-corrected chi connectivity index (χ3v) is 6.13. The Labute approximate surface area is 173 Å². The Bertz CT molecular complexity index is 1190. The normalized spacial score (nSPS) is 15.6. The second kappa shape index (κ2) is 7.40. The van der Waals surface area contributed by atoms with Gasteiger partial charge in [-0.05, 0) is 31.5 Å². The molecule has 0 atom stereocenters. The number of nitrogens with zero attached hydrogens (tertiary/aromatic N) is 6. The summed E-state index contributed by atoms with van der Waals surface area (Å²) in [7, 11) is 0. The maximum Gasteiger partial charge on any atom is 0.183 e. The summed E-state index contributed by atoms with van der Waals surface area (Å²) < 4.78 is 9.50. The van der Waals surface area contributed by atoms with Crippen LogP contribution in [0, 0.1) is 13.8 Å². The van der Waals surface area contributed by atoms with E-state index in [4.69, 9.17) is 26.3 Å². The van der Waals surface area contributed by atoms with Gasteiger partial charge in [-0.1, -0.05) is 23.7 Å². The molecule has 29 heavy (non-hydrogen) atoms. The van der Waals surface area contributed by atoms with Crippen LogP contribution in [0.1, 0.15) is 11.3 Å². The Balaban J connectivity index is 1.57. The van der Waals surface area contributed by atoms with Crippen molar-refractivity contribution >= 4 is 28.3 Å². The van der Waals surface area contributed by atoms with Crippen LogP contribution >= 0.6 is 11.6 Å². The number of fused-ring (bicyclic) bond motifs is 3. The molecule has 1 fully saturated rings. The number of rotatable bonds is 4. The van der Waals surface area contributed by atoms with Gasteiger partial charge >= 0.3 is 0 Å². The molecule has 4 aromatic rings.